The first-order valence-electron chi connectivity index (χ1n) is 10.2. The molecular formula is C23H24F2N2O5S. The maximum Gasteiger partial charge on any atom is 0.407 e. The number of halogens is 2. The van der Waals surface area contributed by atoms with E-state index in [0.717, 1.165) is 22.3 Å². The largest absolute Gasteiger partial charge is 0.480 e. The zero-order chi connectivity index (χ0) is 24.0. The Hall–Kier alpha value is -3.14. The van der Waals surface area contributed by atoms with Crippen LogP contribution in [0.1, 0.15) is 23.5 Å². The van der Waals surface area contributed by atoms with Gasteiger partial charge in [-0.15, -0.1) is 0 Å². The Morgan fingerprint density at radius 1 is 1.09 bits per heavy atom. The van der Waals surface area contributed by atoms with Gasteiger partial charge >= 0.3 is 18.0 Å². The van der Waals surface area contributed by atoms with Gasteiger partial charge in [-0.2, -0.15) is 20.5 Å². The quantitative estimate of drug-likeness (QED) is 0.483. The highest BCUT2D eigenvalue weighted by molar-refractivity contribution is 7.98. The monoisotopic (exact) mass is 478 g/mol. The normalized spacial score (nSPS) is 13.5. The summed E-state index contributed by atoms with van der Waals surface area (Å²) in [7, 11) is 0. The van der Waals surface area contributed by atoms with E-state index in [2.05, 4.69) is 0 Å². The molecule has 7 nitrogen and oxygen atoms in total. The SMILES string of the molecule is CSCCC(NC(=O)C(F)(F)CNC(=O)OCC1c2ccccc2-c2ccccc21)C(=O)O. The zero-order valence-electron chi connectivity index (χ0n) is 17.8. The Kier molecular flexibility index (Phi) is 7.91. The molecule has 0 heterocycles. The van der Waals surface area contributed by atoms with Crippen molar-refractivity contribution in [3.8, 4) is 11.1 Å². The van der Waals surface area contributed by atoms with Crippen molar-refractivity contribution in [3.05, 3.63) is 59.7 Å². The molecule has 0 aromatic heterocycles. The zero-order valence-corrected chi connectivity index (χ0v) is 18.7. The van der Waals surface area contributed by atoms with Crippen LogP contribution in [0.5, 0.6) is 0 Å². The van der Waals surface area contributed by atoms with Crippen molar-refractivity contribution in [2.75, 3.05) is 25.2 Å². The topological polar surface area (TPSA) is 105 Å². The van der Waals surface area contributed by atoms with Gasteiger partial charge in [-0.3, -0.25) is 4.79 Å². The molecule has 10 heteroatoms. The van der Waals surface area contributed by atoms with Crippen LogP contribution < -0.4 is 10.6 Å². The van der Waals surface area contributed by atoms with Crippen molar-refractivity contribution in [2.24, 2.45) is 0 Å². The lowest BCUT2D eigenvalue weighted by Crippen LogP contribution is -2.52. The average molecular weight is 479 g/mol. The summed E-state index contributed by atoms with van der Waals surface area (Å²) >= 11 is 1.33. The fourth-order valence-corrected chi connectivity index (χ4v) is 4.14. The lowest BCUT2D eigenvalue weighted by molar-refractivity contribution is -0.150. The number of thioether (sulfide) groups is 1. The van der Waals surface area contributed by atoms with Crippen LogP contribution in [-0.2, 0) is 14.3 Å². The molecule has 2 aromatic rings. The predicted octanol–water partition coefficient (Wildman–Crippen LogP) is 3.48. The molecule has 0 bridgehead atoms. The van der Waals surface area contributed by atoms with E-state index in [0.29, 0.717) is 5.75 Å². The van der Waals surface area contributed by atoms with E-state index in [4.69, 9.17) is 9.84 Å². The Bertz CT molecular complexity index is 988. The third-order valence-electron chi connectivity index (χ3n) is 5.34. The van der Waals surface area contributed by atoms with E-state index >= 15 is 0 Å². The van der Waals surface area contributed by atoms with Crippen LogP contribution in [0.4, 0.5) is 13.6 Å². The third-order valence-corrected chi connectivity index (χ3v) is 5.99. The summed E-state index contributed by atoms with van der Waals surface area (Å²) in [6.07, 6.45) is 0.632. The number of amides is 2. The number of hydrogen-bond acceptors (Lipinski definition) is 5. The molecule has 176 valence electrons. The Morgan fingerprint density at radius 3 is 2.21 bits per heavy atom. The second-order valence-corrected chi connectivity index (χ2v) is 8.51. The third kappa shape index (κ3) is 5.81. The van der Waals surface area contributed by atoms with Gasteiger partial charge in [0.2, 0.25) is 0 Å². The van der Waals surface area contributed by atoms with Gasteiger partial charge in [0.15, 0.2) is 0 Å². The molecule has 33 heavy (non-hydrogen) atoms. The lowest BCUT2D eigenvalue weighted by Gasteiger charge is -2.20. The van der Waals surface area contributed by atoms with Crippen molar-refractivity contribution in [1.82, 2.24) is 10.6 Å². The molecule has 1 aliphatic rings. The van der Waals surface area contributed by atoms with E-state index < -0.39 is 36.5 Å². The van der Waals surface area contributed by atoms with Gasteiger partial charge in [0, 0.05) is 5.92 Å². The van der Waals surface area contributed by atoms with Crippen LogP contribution in [0.3, 0.4) is 0 Å². The first kappa shape index (κ1) is 24.5. The number of hydrogen-bond donors (Lipinski definition) is 3. The molecule has 0 aliphatic heterocycles. The summed E-state index contributed by atoms with van der Waals surface area (Å²) in [6.45, 7) is -1.38. The van der Waals surface area contributed by atoms with Crippen molar-refractivity contribution < 1.29 is 33.0 Å². The number of benzene rings is 2. The Balaban J connectivity index is 1.55. The number of alkyl halides is 2. The standard InChI is InChI=1S/C23H24F2N2O5S/c1-33-11-10-19(20(28)29)27-21(30)23(24,25)13-26-22(31)32-12-18-16-8-4-2-6-14(16)15-7-3-5-9-17(15)18/h2-9,18-19H,10-13H2,1H3,(H,26,31)(H,27,30)(H,28,29). The summed E-state index contributed by atoms with van der Waals surface area (Å²) in [6, 6.07) is 13.9. The minimum Gasteiger partial charge on any atom is -0.480 e. The number of ether oxygens (including phenoxy) is 1. The summed E-state index contributed by atoms with van der Waals surface area (Å²) in [5, 5.41) is 12.8. The molecule has 3 N–H and O–H groups in total. The summed E-state index contributed by atoms with van der Waals surface area (Å²) in [5.74, 6) is -7.04. The number of carboxylic acids is 1. The van der Waals surface area contributed by atoms with Crippen LogP contribution in [0.25, 0.3) is 11.1 Å². The van der Waals surface area contributed by atoms with Gasteiger partial charge in [0.25, 0.3) is 5.91 Å². The number of fused-ring (bicyclic) bond motifs is 3. The molecule has 0 radical (unpaired) electrons. The second-order valence-electron chi connectivity index (χ2n) is 7.53. The van der Waals surface area contributed by atoms with Crippen LogP contribution in [-0.4, -0.2) is 60.2 Å². The van der Waals surface area contributed by atoms with E-state index in [1.165, 1.54) is 11.8 Å². The van der Waals surface area contributed by atoms with Crippen LogP contribution in [0.2, 0.25) is 0 Å². The molecule has 0 saturated carbocycles. The highest BCUT2D eigenvalue weighted by Gasteiger charge is 2.41. The van der Waals surface area contributed by atoms with Gasteiger partial charge < -0.3 is 20.5 Å². The fourth-order valence-electron chi connectivity index (χ4n) is 3.67. The number of rotatable bonds is 10. The second kappa shape index (κ2) is 10.7. The molecule has 0 fully saturated rings. The molecule has 1 aliphatic carbocycles. The molecule has 1 atom stereocenters. The first-order valence-corrected chi connectivity index (χ1v) is 11.6. The van der Waals surface area contributed by atoms with Crippen molar-refractivity contribution in [1.29, 1.82) is 0 Å². The van der Waals surface area contributed by atoms with Gasteiger partial charge in [0.1, 0.15) is 12.6 Å². The molecule has 0 saturated heterocycles. The van der Waals surface area contributed by atoms with Crippen molar-refractivity contribution >= 4 is 29.7 Å². The Labute approximate surface area is 193 Å². The number of carbonyl (C=O) groups is 3. The van der Waals surface area contributed by atoms with E-state index in [-0.39, 0.29) is 18.9 Å². The fraction of sp³-hybridized carbons (Fsp3) is 0.348. The predicted molar refractivity (Wildman–Crippen MR) is 121 cm³/mol. The molecular weight excluding hydrogens is 454 g/mol. The maximum absolute atomic E-state index is 14.2. The molecule has 3 rings (SSSR count). The number of carbonyl (C=O) groups excluding carboxylic acids is 2. The highest BCUT2D eigenvalue weighted by atomic mass is 32.2. The molecule has 2 amide bonds. The first-order chi connectivity index (χ1) is 15.7. The lowest BCUT2D eigenvalue weighted by atomic mass is 9.98. The maximum atomic E-state index is 14.2. The van der Waals surface area contributed by atoms with Crippen molar-refractivity contribution in [2.45, 2.75) is 24.3 Å². The van der Waals surface area contributed by atoms with Crippen LogP contribution in [0.15, 0.2) is 48.5 Å². The van der Waals surface area contributed by atoms with E-state index in [1.54, 1.807) is 6.26 Å². The number of alkyl carbamates (subject to hydrolysis) is 1. The van der Waals surface area contributed by atoms with Gasteiger partial charge in [-0.25, -0.2) is 9.59 Å². The minimum absolute atomic E-state index is 0.00186. The average Bonchev–Trinajstić information content (AvgIpc) is 3.12. The van der Waals surface area contributed by atoms with E-state index in [9.17, 15) is 23.2 Å². The molecule has 0 spiro atoms. The smallest absolute Gasteiger partial charge is 0.407 e. The van der Waals surface area contributed by atoms with Crippen molar-refractivity contribution in [3.63, 3.8) is 0 Å². The van der Waals surface area contributed by atoms with Crippen LogP contribution in [0, 0.1) is 0 Å². The number of aliphatic carboxylic acids is 1. The van der Waals surface area contributed by atoms with Gasteiger partial charge in [-0.1, -0.05) is 48.5 Å². The summed E-state index contributed by atoms with van der Waals surface area (Å²) < 4.78 is 33.5. The summed E-state index contributed by atoms with van der Waals surface area (Å²) in [4.78, 5) is 35.1. The van der Waals surface area contributed by atoms with Gasteiger partial charge in [-0.05, 0) is 40.7 Å². The minimum atomic E-state index is -4.00. The summed E-state index contributed by atoms with van der Waals surface area (Å²) in [5.41, 5.74) is 4.00. The number of carboxylic acid groups (broad SMARTS) is 1. The molecule has 2 aromatic carbocycles. The van der Waals surface area contributed by atoms with E-state index in [1.807, 2.05) is 59.2 Å². The van der Waals surface area contributed by atoms with Gasteiger partial charge in [0.05, 0.1) is 6.54 Å². The van der Waals surface area contributed by atoms with Crippen LogP contribution >= 0.6 is 11.8 Å². The molecule has 1 unspecified atom stereocenters. The number of nitrogens with one attached hydrogen (secondary N) is 2. The Morgan fingerprint density at radius 2 is 1.67 bits per heavy atom. The highest BCUT2D eigenvalue weighted by Crippen LogP contribution is 2.44.